The zero-order chi connectivity index (χ0) is 21.0. The van der Waals surface area contributed by atoms with Crippen LogP contribution in [0.2, 0.25) is 5.02 Å². The second-order valence-corrected chi connectivity index (χ2v) is 6.92. The lowest BCUT2D eigenvalue weighted by Crippen LogP contribution is -2.42. The summed E-state index contributed by atoms with van der Waals surface area (Å²) < 4.78 is 49.6. The Morgan fingerprint density at radius 1 is 1.28 bits per heavy atom. The Labute approximate surface area is 169 Å². The smallest absolute Gasteiger partial charge is 0.417 e. The van der Waals surface area contributed by atoms with Gasteiger partial charge in [-0.1, -0.05) is 11.6 Å². The first-order valence-corrected chi connectivity index (χ1v) is 9.21. The number of rotatable bonds is 6. The Bertz CT molecular complexity index is 865. The van der Waals surface area contributed by atoms with Crippen molar-refractivity contribution in [2.75, 3.05) is 18.5 Å². The molecule has 2 amide bonds. The van der Waals surface area contributed by atoms with Crippen molar-refractivity contribution in [3.8, 4) is 0 Å². The molecule has 2 aromatic rings. The minimum absolute atomic E-state index is 0.0353. The number of amides is 2. The van der Waals surface area contributed by atoms with Gasteiger partial charge in [-0.2, -0.15) is 13.2 Å². The summed E-state index contributed by atoms with van der Waals surface area (Å²) >= 11 is 5.59. The van der Waals surface area contributed by atoms with E-state index in [4.69, 9.17) is 20.8 Å². The molecule has 1 fully saturated rings. The average molecular weight is 431 g/mol. The molecule has 29 heavy (non-hydrogen) atoms. The van der Waals surface area contributed by atoms with Gasteiger partial charge in [-0.15, -0.1) is 0 Å². The van der Waals surface area contributed by atoms with E-state index in [9.17, 15) is 22.8 Å². The van der Waals surface area contributed by atoms with Gasteiger partial charge in [0.15, 0.2) is 0 Å². The van der Waals surface area contributed by atoms with E-state index in [-0.39, 0.29) is 24.7 Å². The van der Waals surface area contributed by atoms with Gasteiger partial charge >= 0.3 is 6.18 Å². The average Bonchev–Trinajstić information content (AvgIpc) is 3.35. The molecule has 2 heterocycles. The third-order valence-corrected chi connectivity index (χ3v) is 4.66. The highest BCUT2D eigenvalue weighted by Crippen LogP contribution is 2.36. The Kier molecular flexibility index (Phi) is 6.49. The molecule has 0 spiro atoms. The maximum Gasteiger partial charge on any atom is 0.417 e. The van der Waals surface area contributed by atoms with Crippen LogP contribution in [0.5, 0.6) is 0 Å². The number of nitrogens with one attached hydrogen (secondary N) is 1. The number of hydrogen-bond donors (Lipinski definition) is 1. The maximum atomic E-state index is 13.0. The van der Waals surface area contributed by atoms with E-state index in [2.05, 4.69) is 5.32 Å². The summed E-state index contributed by atoms with van der Waals surface area (Å²) in [4.78, 5) is 26.4. The first kappa shape index (κ1) is 21.2. The number of anilines is 1. The van der Waals surface area contributed by atoms with E-state index < -0.39 is 28.8 Å². The molecule has 0 radical (unpaired) electrons. The molecule has 1 aliphatic rings. The highest BCUT2D eigenvalue weighted by Gasteiger charge is 2.34. The quantitative estimate of drug-likeness (QED) is 0.749. The Hall–Kier alpha value is -2.52. The fraction of sp³-hybridized carbons (Fsp3) is 0.368. The second-order valence-electron chi connectivity index (χ2n) is 6.52. The van der Waals surface area contributed by atoms with Crippen LogP contribution in [-0.4, -0.2) is 36.0 Å². The summed E-state index contributed by atoms with van der Waals surface area (Å²) in [5.41, 5.74) is -1.13. The van der Waals surface area contributed by atoms with E-state index in [1.165, 1.54) is 17.2 Å². The first-order valence-electron chi connectivity index (χ1n) is 8.83. The Morgan fingerprint density at radius 2 is 2.07 bits per heavy atom. The molecule has 10 heteroatoms. The number of hydrogen-bond acceptors (Lipinski definition) is 4. The number of ether oxygens (including phenoxy) is 1. The van der Waals surface area contributed by atoms with Crippen molar-refractivity contribution >= 4 is 29.1 Å². The number of halogens is 4. The van der Waals surface area contributed by atoms with Gasteiger partial charge in [-0.3, -0.25) is 9.59 Å². The van der Waals surface area contributed by atoms with Crippen molar-refractivity contribution in [1.82, 2.24) is 4.90 Å². The van der Waals surface area contributed by atoms with E-state index in [1.807, 2.05) is 0 Å². The number of carbonyl (C=O) groups excluding carboxylic acids is 2. The Balaban J connectivity index is 1.71. The minimum Gasteiger partial charge on any atom is -0.467 e. The van der Waals surface area contributed by atoms with Crippen LogP contribution in [0.4, 0.5) is 18.9 Å². The number of nitrogens with zero attached hydrogens (tertiary/aromatic N) is 1. The molecule has 1 N–H and O–H groups in total. The number of alkyl halides is 3. The van der Waals surface area contributed by atoms with E-state index in [0.29, 0.717) is 18.8 Å². The fourth-order valence-corrected chi connectivity index (χ4v) is 3.20. The van der Waals surface area contributed by atoms with Gasteiger partial charge in [0.25, 0.3) is 5.91 Å². The zero-order valence-corrected chi connectivity index (χ0v) is 15.9. The van der Waals surface area contributed by atoms with E-state index >= 15 is 0 Å². The van der Waals surface area contributed by atoms with Gasteiger partial charge < -0.3 is 19.4 Å². The van der Waals surface area contributed by atoms with Gasteiger partial charge in [0.05, 0.1) is 23.4 Å². The molecule has 3 rings (SSSR count). The molecule has 1 aromatic carbocycles. The van der Waals surface area contributed by atoms with Crippen molar-refractivity contribution in [1.29, 1.82) is 0 Å². The zero-order valence-electron chi connectivity index (χ0n) is 15.2. The second kappa shape index (κ2) is 8.87. The summed E-state index contributed by atoms with van der Waals surface area (Å²) in [7, 11) is 0. The first-order chi connectivity index (χ1) is 13.7. The van der Waals surface area contributed by atoms with Gasteiger partial charge in [-0.05, 0) is 43.2 Å². The molecule has 0 bridgehead atoms. The summed E-state index contributed by atoms with van der Waals surface area (Å²) in [6.07, 6.45) is -2.58. The maximum absolute atomic E-state index is 13.0. The molecule has 6 nitrogen and oxygen atoms in total. The SMILES string of the molecule is O=C(CN(Cc1ccco1)C(=O)C1CCCO1)Nc1ccc(Cl)c(C(F)(F)F)c1. The van der Waals surface area contributed by atoms with Crippen LogP contribution in [0.3, 0.4) is 0 Å². The molecule has 1 aliphatic heterocycles. The van der Waals surface area contributed by atoms with Crippen LogP contribution in [0, 0.1) is 0 Å². The van der Waals surface area contributed by atoms with Crippen molar-refractivity contribution < 1.29 is 31.9 Å². The predicted octanol–water partition coefficient (Wildman–Crippen LogP) is 4.10. The van der Waals surface area contributed by atoms with Gasteiger partial charge in [0.1, 0.15) is 18.4 Å². The lowest BCUT2D eigenvalue weighted by atomic mass is 10.2. The molecule has 1 saturated heterocycles. The molecule has 156 valence electrons. The van der Waals surface area contributed by atoms with E-state index in [1.54, 1.807) is 12.1 Å². The van der Waals surface area contributed by atoms with Crippen LogP contribution in [0.15, 0.2) is 41.0 Å². The highest BCUT2D eigenvalue weighted by molar-refractivity contribution is 6.31. The standard InChI is InChI=1S/C19H18ClF3N2O4/c20-15-6-5-12(9-14(15)19(21,22)23)24-17(26)11-25(10-13-3-1-7-28-13)18(27)16-4-2-8-29-16/h1,3,5-7,9,16H,2,4,8,10-11H2,(H,24,26). The summed E-state index contributed by atoms with van der Waals surface area (Å²) in [5.74, 6) is -0.561. The minimum atomic E-state index is -4.65. The van der Waals surface area contributed by atoms with Crippen LogP contribution in [0.1, 0.15) is 24.2 Å². The number of carbonyl (C=O) groups is 2. The highest BCUT2D eigenvalue weighted by atomic mass is 35.5. The summed E-state index contributed by atoms with van der Waals surface area (Å²) in [6, 6.07) is 6.37. The molecular weight excluding hydrogens is 413 g/mol. The number of benzene rings is 1. The van der Waals surface area contributed by atoms with Crippen LogP contribution < -0.4 is 5.32 Å². The normalized spacial score (nSPS) is 16.6. The van der Waals surface area contributed by atoms with E-state index in [0.717, 1.165) is 18.6 Å². The molecule has 0 aliphatic carbocycles. The van der Waals surface area contributed by atoms with Gasteiger partial charge in [0, 0.05) is 12.3 Å². The van der Waals surface area contributed by atoms with Crippen LogP contribution in [-0.2, 0) is 27.0 Å². The van der Waals surface area contributed by atoms with Crippen molar-refractivity contribution in [3.05, 3.63) is 52.9 Å². The summed E-state index contributed by atoms with van der Waals surface area (Å²) in [6.45, 7) is 0.124. The Morgan fingerprint density at radius 3 is 2.69 bits per heavy atom. The molecule has 0 saturated carbocycles. The largest absolute Gasteiger partial charge is 0.467 e. The van der Waals surface area contributed by atoms with Crippen LogP contribution >= 0.6 is 11.6 Å². The lowest BCUT2D eigenvalue weighted by Gasteiger charge is -2.24. The molecular formula is C19H18ClF3N2O4. The molecule has 1 aromatic heterocycles. The van der Waals surface area contributed by atoms with Gasteiger partial charge in [-0.25, -0.2) is 0 Å². The lowest BCUT2D eigenvalue weighted by molar-refractivity contribution is -0.144. The predicted molar refractivity (Wildman–Crippen MR) is 98.2 cm³/mol. The number of furan rings is 1. The van der Waals surface area contributed by atoms with Gasteiger partial charge in [0.2, 0.25) is 5.91 Å². The molecule has 1 atom stereocenters. The van der Waals surface area contributed by atoms with Crippen LogP contribution in [0.25, 0.3) is 0 Å². The third-order valence-electron chi connectivity index (χ3n) is 4.33. The molecule has 1 unspecified atom stereocenters. The monoisotopic (exact) mass is 430 g/mol. The van der Waals surface area contributed by atoms with Crippen molar-refractivity contribution in [2.24, 2.45) is 0 Å². The fourth-order valence-electron chi connectivity index (χ4n) is 2.97. The summed E-state index contributed by atoms with van der Waals surface area (Å²) in [5, 5.41) is 1.91. The van der Waals surface area contributed by atoms with Crippen molar-refractivity contribution in [2.45, 2.75) is 31.7 Å². The van der Waals surface area contributed by atoms with Crippen molar-refractivity contribution in [3.63, 3.8) is 0 Å². The third kappa shape index (κ3) is 5.51. The topological polar surface area (TPSA) is 71.8 Å².